The third kappa shape index (κ3) is 4.15. The van der Waals surface area contributed by atoms with Gasteiger partial charge in [-0.2, -0.15) is 5.10 Å². The van der Waals surface area contributed by atoms with E-state index in [-0.39, 0.29) is 18.1 Å². The Labute approximate surface area is 184 Å². The average molecular weight is 423 g/mol. The molecule has 3 unspecified atom stereocenters. The number of amides is 1. The Kier molecular flexibility index (Phi) is 5.61. The molecule has 1 saturated heterocycles. The fourth-order valence-electron chi connectivity index (χ4n) is 5.42. The van der Waals surface area contributed by atoms with Gasteiger partial charge in [-0.25, -0.2) is 5.43 Å². The molecule has 3 atom stereocenters. The van der Waals surface area contributed by atoms with Gasteiger partial charge in [0.05, 0.1) is 12.1 Å². The van der Waals surface area contributed by atoms with Crippen LogP contribution in [0.25, 0.3) is 0 Å². The number of hydrogen-bond acceptors (Lipinski definition) is 6. The molecule has 0 spiro atoms. The largest absolute Gasteiger partial charge is 0.353 e. The van der Waals surface area contributed by atoms with Crippen LogP contribution < -0.4 is 16.2 Å². The van der Waals surface area contributed by atoms with Crippen molar-refractivity contribution in [2.75, 3.05) is 0 Å². The van der Waals surface area contributed by atoms with Crippen molar-refractivity contribution in [3.05, 3.63) is 47.3 Å². The molecule has 0 bridgehead atoms. The lowest BCUT2D eigenvalue weighted by Crippen LogP contribution is -2.54. The molecule has 3 aliphatic heterocycles. The Morgan fingerprint density at radius 1 is 1.19 bits per heavy atom. The summed E-state index contributed by atoms with van der Waals surface area (Å²) in [5.41, 5.74) is 11.0. The Hall–Kier alpha value is -2.54. The van der Waals surface area contributed by atoms with Crippen LogP contribution in [0.2, 0.25) is 0 Å². The van der Waals surface area contributed by atoms with E-state index in [0.717, 1.165) is 25.1 Å². The fourth-order valence-corrected chi connectivity index (χ4v) is 5.42. The first kappa shape index (κ1) is 20.4. The molecule has 2 fully saturated rings. The first-order valence-corrected chi connectivity index (χ1v) is 11.8. The van der Waals surface area contributed by atoms with Crippen LogP contribution in [-0.4, -0.2) is 39.9 Å². The summed E-state index contributed by atoms with van der Waals surface area (Å²) in [5.74, 6) is 1.10. The van der Waals surface area contributed by atoms with Crippen molar-refractivity contribution in [1.82, 2.24) is 26.1 Å². The molecule has 3 heterocycles. The van der Waals surface area contributed by atoms with Crippen molar-refractivity contribution in [1.29, 1.82) is 0 Å². The van der Waals surface area contributed by atoms with Gasteiger partial charge in [-0.1, -0.05) is 43.0 Å². The summed E-state index contributed by atoms with van der Waals surface area (Å²) < 4.78 is 0. The number of nitrogens with zero attached hydrogens (tertiary/aromatic N) is 3. The van der Waals surface area contributed by atoms with Crippen LogP contribution in [0.5, 0.6) is 0 Å². The van der Waals surface area contributed by atoms with Crippen molar-refractivity contribution >= 4 is 11.7 Å². The molecular formula is C24H34N6O. The van der Waals surface area contributed by atoms with Crippen LogP contribution in [0.15, 0.2) is 35.7 Å². The maximum Gasteiger partial charge on any atom is 0.220 e. The van der Waals surface area contributed by atoms with Crippen LogP contribution in [0, 0.1) is 13.8 Å². The molecular weight excluding hydrogens is 388 g/mol. The number of hydrazine groups is 1. The molecule has 3 N–H and O–H groups in total. The van der Waals surface area contributed by atoms with Gasteiger partial charge >= 0.3 is 0 Å². The molecule has 5 rings (SSSR count). The number of nitrogens with one attached hydrogen (secondary N) is 3. The van der Waals surface area contributed by atoms with Crippen LogP contribution >= 0.6 is 0 Å². The van der Waals surface area contributed by atoms with E-state index < -0.39 is 0 Å². The minimum absolute atomic E-state index is 0.101. The highest BCUT2D eigenvalue weighted by molar-refractivity contribution is 5.89. The van der Waals surface area contributed by atoms with Crippen LogP contribution in [0.4, 0.5) is 0 Å². The van der Waals surface area contributed by atoms with E-state index in [0.29, 0.717) is 24.9 Å². The smallest absolute Gasteiger partial charge is 0.220 e. The number of rotatable bonds is 5. The summed E-state index contributed by atoms with van der Waals surface area (Å²) in [5, 5.41) is 10.0. The maximum absolute atomic E-state index is 12.4. The molecule has 1 saturated carbocycles. The van der Waals surface area contributed by atoms with E-state index in [1.165, 1.54) is 36.0 Å². The second-order valence-corrected chi connectivity index (χ2v) is 9.46. The number of aryl methyl sites for hydroxylation is 2. The van der Waals surface area contributed by atoms with E-state index in [1.54, 1.807) is 0 Å². The van der Waals surface area contributed by atoms with Gasteiger partial charge < -0.3 is 15.2 Å². The van der Waals surface area contributed by atoms with Gasteiger partial charge in [0, 0.05) is 31.3 Å². The third-order valence-electron chi connectivity index (χ3n) is 7.17. The van der Waals surface area contributed by atoms with Crippen molar-refractivity contribution in [2.24, 2.45) is 5.10 Å². The Bertz CT molecular complexity index is 890. The van der Waals surface area contributed by atoms with E-state index in [2.05, 4.69) is 75.6 Å². The zero-order valence-electron chi connectivity index (χ0n) is 18.6. The van der Waals surface area contributed by atoms with Gasteiger partial charge in [-0.05, 0) is 44.2 Å². The zero-order chi connectivity index (χ0) is 21.4. The molecule has 1 aromatic carbocycles. The SMILES string of the molecule is Cc1ccc(C)c(C2CC3C4NN=C(CCC(=O)NC5CCCCC5)N4C=CN3N2)c1. The summed E-state index contributed by atoms with van der Waals surface area (Å²) in [6, 6.07) is 7.62. The zero-order valence-corrected chi connectivity index (χ0v) is 18.6. The second kappa shape index (κ2) is 8.54. The highest BCUT2D eigenvalue weighted by Gasteiger charge is 2.44. The van der Waals surface area contributed by atoms with Gasteiger partial charge in [-0.3, -0.25) is 10.2 Å². The van der Waals surface area contributed by atoms with Gasteiger partial charge in [0.25, 0.3) is 0 Å². The number of carbonyl (C=O) groups excluding carboxylic acids is 1. The van der Waals surface area contributed by atoms with Crippen molar-refractivity contribution in [3.63, 3.8) is 0 Å². The summed E-state index contributed by atoms with van der Waals surface area (Å²) >= 11 is 0. The third-order valence-corrected chi connectivity index (χ3v) is 7.17. The van der Waals surface area contributed by atoms with Crippen LogP contribution in [-0.2, 0) is 4.79 Å². The summed E-state index contributed by atoms with van der Waals surface area (Å²) in [4.78, 5) is 14.6. The highest BCUT2D eigenvalue weighted by atomic mass is 16.1. The lowest BCUT2D eigenvalue weighted by atomic mass is 9.95. The number of hydrazone groups is 1. The standard InChI is InChI=1S/C24H34N6O/c1-16-8-9-17(2)19(14-16)20-15-21-24-27-26-22(29(24)12-13-30(21)28-20)10-11-23(31)25-18-6-4-3-5-7-18/h8-9,12-14,18,20-21,24,27-28H,3-7,10-11,15H2,1-2H3,(H,25,31). The number of carbonyl (C=O) groups is 1. The van der Waals surface area contributed by atoms with Crippen molar-refractivity contribution < 1.29 is 4.79 Å². The Morgan fingerprint density at radius 2 is 2.03 bits per heavy atom. The topological polar surface area (TPSA) is 72.0 Å². The summed E-state index contributed by atoms with van der Waals surface area (Å²) in [6.07, 6.45) is 12.5. The molecule has 1 aliphatic carbocycles. The number of benzene rings is 1. The molecule has 0 aromatic heterocycles. The molecule has 7 heteroatoms. The van der Waals surface area contributed by atoms with Crippen molar-refractivity contribution in [3.8, 4) is 0 Å². The minimum atomic E-state index is 0.101. The van der Waals surface area contributed by atoms with E-state index in [1.807, 2.05) is 0 Å². The first-order valence-electron chi connectivity index (χ1n) is 11.8. The van der Waals surface area contributed by atoms with Crippen LogP contribution in [0.3, 0.4) is 0 Å². The second-order valence-electron chi connectivity index (χ2n) is 9.46. The van der Waals surface area contributed by atoms with Crippen molar-refractivity contribution in [2.45, 2.75) is 89.5 Å². The summed E-state index contributed by atoms with van der Waals surface area (Å²) in [6.45, 7) is 4.33. The highest BCUT2D eigenvalue weighted by Crippen LogP contribution is 2.35. The predicted molar refractivity (Wildman–Crippen MR) is 122 cm³/mol. The predicted octanol–water partition coefficient (Wildman–Crippen LogP) is 3.18. The molecule has 4 aliphatic rings. The number of fused-ring (bicyclic) bond motifs is 3. The molecule has 166 valence electrons. The van der Waals surface area contributed by atoms with E-state index in [9.17, 15) is 4.79 Å². The molecule has 0 radical (unpaired) electrons. The molecule has 7 nitrogen and oxygen atoms in total. The Balaban J connectivity index is 1.18. The molecule has 31 heavy (non-hydrogen) atoms. The quantitative estimate of drug-likeness (QED) is 0.680. The van der Waals surface area contributed by atoms with Gasteiger partial charge in [-0.15, -0.1) is 0 Å². The van der Waals surface area contributed by atoms with Crippen LogP contribution in [0.1, 0.15) is 74.1 Å². The summed E-state index contributed by atoms with van der Waals surface area (Å²) in [7, 11) is 0. The maximum atomic E-state index is 12.4. The fraction of sp³-hybridized carbons (Fsp3) is 0.583. The number of hydrogen-bond donors (Lipinski definition) is 3. The van der Waals surface area contributed by atoms with E-state index in [4.69, 9.17) is 0 Å². The van der Waals surface area contributed by atoms with E-state index >= 15 is 0 Å². The van der Waals surface area contributed by atoms with Gasteiger partial charge in [0.15, 0.2) is 0 Å². The van der Waals surface area contributed by atoms with Gasteiger partial charge in [0.2, 0.25) is 5.91 Å². The average Bonchev–Trinajstić information content (AvgIpc) is 3.38. The number of amidine groups is 1. The first-order chi connectivity index (χ1) is 15.1. The lowest BCUT2D eigenvalue weighted by Gasteiger charge is -2.37. The Morgan fingerprint density at radius 3 is 2.87 bits per heavy atom. The monoisotopic (exact) mass is 422 g/mol. The minimum Gasteiger partial charge on any atom is -0.353 e. The van der Waals surface area contributed by atoms with Gasteiger partial charge in [0.1, 0.15) is 12.0 Å². The lowest BCUT2D eigenvalue weighted by molar-refractivity contribution is -0.121. The molecule has 1 aromatic rings. The molecule has 1 amide bonds. The normalized spacial score (nSPS) is 27.5.